The number of benzene rings is 1. The highest BCUT2D eigenvalue weighted by atomic mass is 16.5. The van der Waals surface area contributed by atoms with Crippen molar-refractivity contribution in [3.05, 3.63) is 29.8 Å². The van der Waals surface area contributed by atoms with Gasteiger partial charge in [0.05, 0.1) is 7.11 Å². The summed E-state index contributed by atoms with van der Waals surface area (Å²) in [5.41, 5.74) is 1.28. The van der Waals surface area contributed by atoms with Crippen LogP contribution in [-0.4, -0.2) is 37.2 Å². The zero-order valence-corrected chi connectivity index (χ0v) is 11.8. The van der Waals surface area contributed by atoms with Gasteiger partial charge >= 0.3 is 6.03 Å². The number of methoxy groups -OCH3 is 1. The van der Waals surface area contributed by atoms with Gasteiger partial charge in [-0.25, -0.2) is 4.79 Å². The topological polar surface area (TPSA) is 41.6 Å². The van der Waals surface area contributed by atoms with E-state index in [9.17, 15) is 4.79 Å². The highest BCUT2D eigenvalue weighted by Gasteiger charge is 2.27. The zero-order chi connectivity index (χ0) is 13.8. The first kappa shape index (κ1) is 13.7. The number of nitrogens with one attached hydrogen (secondary N) is 1. The lowest BCUT2D eigenvalue weighted by Gasteiger charge is -2.19. The third-order valence-corrected chi connectivity index (χ3v) is 3.47. The van der Waals surface area contributed by atoms with Gasteiger partial charge in [-0.3, -0.25) is 0 Å². The number of carbonyl (C=O) groups is 1. The molecule has 2 rings (SSSR count). The summed E-state index contributed by atoms with van der Waals surface area (Å²) in [5, 5.41) is 2.94. The van der Waals surface area contributed by atoms with Gasteiger partial charge in [-0.1, -0.05) is 12.1 Å². The second-order valence-electron chi connectivity index (χ2n) is 5.31. The molecule has 1 N–H and O–H groups in total. The van der Waals surface area contributed by atoms with Crippen LogP contribution in [0.3, 0.4) is 0 Å². The Kier molecular flexibility index (Phi) is 4.30. The predicted octanol–water partition coefficient (Wildman–Crippen LogP) is 2.60. The molecule has 104 valence electrons. The molecule has 1 aromatic carbocycles. The smallest absolute Gasteiger partial charge is 0.317 e. The monoisotopic (exact) mass is 262 g/mol. The Morgan fingerprint density at radius 1 is 1.37 bits per heavy atom. The van der Waals surface area contributed by atoms with E-state index in [1.54, 1.807) is 7.11 Å². The maximum Gasteiger partial charge on any atom is 0.317 e. The van der Waals surface area contributed by atoms with E-state index in [0.29, 0.717) is 5.92 Å². The normalized spacial score (nSPS) is 18.7. The lowest BCUT2D eigenvalue weighted by atomic mass is 9.98. The highest BCUT2D eigenvalue weighted by Crippen LogP contribution is 2.28. The number of nitrogens with zero attached hydrogens (tertiary/aromatic N) is 1. The molecule has 0 radical (unpaired) electrons. The number of hydrogen-bond donors (Lipinski definition) is 1. The van der Waals surface area contributed by atoms with Crippen molar-refractivity contribution in [2.45, 2.75) is 32.2 Å². The van der Waals surface area contributed by atoms with Crippen LogP contribution in [-0.2, 0) is 0 Å². The van der Waals surface area contributed by atoms with Crippen LogP contribution in [0, 0.1) is 0 Å². The third kappa shape index (κ3) is 3.40. The van der Waals surface area contributed by atoms with E-state index in [4.69, 9.17) is 4.74 Å². The molecule has 0 aromatic heterocycles. The standard InChI is InChI=1S/C15H22N2O2/c1-11(2)16-15(18)17-9-8-13(10-17)12-4-6-14(19-3)7-5-12/h4-7,11,13H,8-10H2,1-3H3,(H,16,18). The molecule has 1 aliphatic rings. The minimum atomic E-state index is 0.0472. The summed E-state index contributed by atoms with van der Waals surface area (Å²) in [7, 11) is 1.67. The van der Waals surface area contributed by atoms with E-state index in [2.05, 4.69) is 17.4 Å². The molecule has 1 aliphatic heterocycles. The van der Waals surface area contributed by atoms with E-state index in [-0.39, 0.29) is 12.1 Å². The van der Waals surface area contributed by atoms with Gasteiger partial charge in [-0.15, -0.1) is 0 Å². The van der Waals surface area contributed by atoms with Gasteiger partial charge in [0.15, 0.2) is 0 Å². The average molecular weight is 262 g/mol. The summed E-state index contributed by atoms with van der Waals surface area (Å²) in [5.74, 6) is 1.31. The molecule has 1 aromatic rings. The summed E-state index contributed by atoms with van der Waals surface area (Å²) in [6.45, 7) is 5.59. The molecule has 4 nitrogen and oxygen atoms in total. The van der Waals surface area contributed by atoms with Crippen molar-refractivity contribution < 1.29 is 9.53 Å². The first-order chi connectivity index (χ1) is 9.10. The molecular formula is C15H22N2O2. The molecule has 4 heteroatoms. The molecule has 1 fully saturated rings. The Bertz CT molecular complexity index is 428. The molecular weight excluding hydrogens is 240 g/mol. The van der Waals surface area contributed by atoms with Crippen LogP contribution < -0.4 is 10.1 Å². The lowest BCUT2D eigenvalue weighted by molar-refractivity contribution is 0.205. The zero-order valence-electron chi connectivity index (χ0n) is 11.8. The fraction of sp³-hybridized carbons (Fsp3) is 0.533. The van der Waals surface area contributed by atoms with Gasteiger partial charge in [0.25, 0.3) is 0 Å². The highest BCUT2D eigenvalue weighted by molar-refractivity contribution is 5.74. The molecule has 2 amide bonds. The quantitative estimate of drug-likeness (QED) is 0.909. The number of carbonyl (C=O) groups excluding carboxylic acids is 1. The number of urea groups is 1. The van der Waals surface area contributed by atoms with Crippen LogP contribution in [0.4, 0.5) is 4.79 Å². The lowest BCUT2D eigenvalue weighted by Crippen LogP contribution is -2.41. The summed E-state index contributed by atoms with van der Waals surface area (Å²) in [4.78, 5) is 13.8. The van der Waals surface area contributed by atoms with Crippen molar-refractivity contribution in [2.24, 2.45) is 0 Å². The molecule has 1 atom stereocenters. The van der Waals surface area contributed by atoms with Crippen molar-refractivity contribution in [1.29, 1.82) is 0 Å². The van der Waals surface area contributed by atoms with Crippen LogP contribution in [0.2, 0.25) is 0 Å². The minimum Gasteiger partial charge on any atom is -0.497 e. The number of likely N-dealkylation sites (tertiary alicyclic amines) is 1. The molecule has 0 bridgehead atoms. The number of rotatable bonds is 3. The van der Waals surface area contributed by atoms with Gasteiger partial charge < -0.3 is 15.0 Å². The molecule has 0 saturated carbocycles. The summed E-state index contributed by atoms with van der Waals surface area (Å²) in [6, 6.07) is 8.37. The van der Waals surface area contributed by atoms with Crippen LogP contribution in [0.1, 0.15) is 31.7 Å². The van der Waals surface area contributed by atoms with Crippen LogP contribution in [0.25, 0.3) is 0 Å². The van der Waals surface area contributed by atoms with E-state index in [1.165, 1.54) is 5.56 Å². The number of ether oxygens (including phenoxy) is 1. The van der Waals surface area contributed by atoms with Crippen molar-refractivity contribution in [3.8, 4) is 5.75 Å². The predicted molar refractivity (Wildman–Crippen MR) is 75.6 cm³/mol. The minimum absolute atomic E-state index is 0.0472. The van der Waals surface area contributed by atoms with E-state index < -0.39 is 0 Å². The Hall–Kier alpha value is -1.71. The second kappa shape index (κ2) is 5.95. The Morgan fingerprint density at radius 2 is 2.05 bits per heavy atom. The molecule has 19 heavy (non-hydrogen) atoms. The molecule has 1 unspecified atom stereocenters. The van der Waals surface area contributed by atoms with Crippen LogP contribution in [0.5, 0.6) is 5.75 Å². The van der Waals surface area contributed by atoms with Gasteiger partial charge in [0.1, 0.15) is 5.75 Å². The molecule has 0 aliphatic carbocycles. The Labute approximate surface area is 114 Å². The van der Waals surface area contributed by atoms with Crippen molar-refractivity contribution in [3.63, 3.8) is 0 Å². The number of hydrogen-bond acceptors (Lipinski definition) is 2. The third-order valence-electron chi connectivity index (χ3n) is 3.47. The maximum atomic E-state index is 11.9. The first-order valence-corrected chi connectivity index (χ1v) is 6.79. The van der Waals surface area contributed by atoms with Gasteiger partial charge in [-0.2, -0.15) is 0 Å². The number of amides is 2. The summed E-state index contributed by atoms with van der Waals surface area (Å²) >= 11 is 0. The fourth-order valence-electron chi connectivity index (χ4n) is 2.43. The maximum absolute atomic E-state index is 11.9. The van der Waals surface area contributed by atoms with Crippen LogP contribution >= 0.6 is 0 Å². The Balaban J connectivity index is 1.95. The molecule has 1 saturated heterocycles. The fourth-order valence-corrected chi connectivity index (χ4v) is 2.43. The van der Waals surface area contributed by atoms with E-state index in [0.717, 1.165) is 25.3 Å². The first-order valence-electron chi connectivity index (χ1n) is 6.79. The largest absolute Gasteiger partial charge is 0.497 e. The second-order valence-corrected chi connectivity index (χ2v) is 5.31. The average Bonchev–Trinajstić information content (AvgIpc) is 2.88. The Morgan fingerprint density at radius 3 is 2.63 bits per heavy atom. The summed E-state index contributed by atoms with van der Waals surface area (Å²) < 4.78 is 5.16. The summed E-state index contributed by atoms with van der Waals surface area (Å²) in [6.07, 6.45) is 1.03. The van der Waals surface area contributed by atoms with Crippen molar-refractivity contribution >= 4 is 6.03 Å². The van der Waals surface area contributed by atoms with Crippen LogP contribution in [0.15, 0.2) is 24.3 Å². The van der Waals surface area contributed by atoms with Crippen molar-refractivity contribution in [2.75, 3.05) is 20.2 Å². The van der Waals surface area contributed by atoms with Gasteiger partial charge in [0, 0.05) is 25.0 Å². The van der Waals surface area contributed by atoms with Gasteiger partial charge in [0.2, 0.25) is 0 Å². The SMILES string of the molecule is COc1ccc(C2CCN(C(=O)NC(C)C)C2)cc1. The van der Waals surface area contributed by atoms with Crippen molar-refractivity contribution in [1.82, 2.24) is 10.2 Å². The molecule has 0 spiro atoms. The van der Waals surface area contributed by atoms with E-state index in [1.807, 2.05) is 30.9 Å². The van der Waals surface area contributed by atoms with Gasteiger partial charge in [-0.05, 0) is 38.0 Å². The molecule has 1 heterocycles. The van der Waals surface area contributed by atoms with E-state index >= 15 is 0 Å².